The Balaban J connectivity index is 2.49. The molecule has 1 unspecified atom stereocenters. The molecule has 0 spiro atoms. The van der Waals surface area contributed by atoms with E-state index in [2.05, 4.69) is 5.48 Å². The molecule has 0 heterocycles. The topological polar surface area (TPSA) is 56.8 Å². The average Bonchev–Trinajstić information content (AvgIpc) is 2.36. The number of methoxy groups -OCH3 is 1. The summed E-state index contributed by atoms with van der Waals surface area (Å²) in [5.74, 6) is 1.02. The van der Waals surface area contributed by atoms with Gasteiger partial charge in [-0.3, -0.25) is 9.63 Å². The highest BCUT2D eigenvalue weighted by atomic mass is 16.7. The molecule has 0 aromatic heterocycles. The van der Waals surface area contributed by atoms with Crippen LogP contribution in [0.5, 0.6) is 11.5 Å². The summed E-state index contributed by atoms with van der Waals surface area (Å²) in [4.78, 5) is 16.2. The van der Waals surface area contributed by atoms with Crippen LogP contribution >= 0.6 is 0 Å². The van der Waals surface area contributed by atoms with Crippen LogP contribution in [-0.2, 0) is 9.63 Å². The Morgan fingerprint density at radius 3 is 2.41 bits per heavy atom. The van der Waals surface area contributed by atoms with Crippen LogP contribution in [0.2, 0.25) is 0 Å². The number of ether oxygens (including phenoxy) is 2. The summed E-state index contributed by atoms with van der Waals surface area (Å²) in [6.07, 6.45) is -0.616. The fourth-order valence-electron chi connectivity index (χ4n) is 1.14. The molecular formula is C12H17NO4. The van der Waals surface area contributed by atoms with Gasteiger partial charge in [0.05, 0.1) is 13.7 Å². The van der Waals surface area contributed by atoms with Gasteiger partial charge in [-0.1, -0.05) is 0 Å². The van der Waals surface area contributed by atoms with Gasteiger partial charge in [0.15, 0.2) is 6.10 Å². The van der Waals surface area contributed by atoms with E-state index in [0.29, 0.717) is 12.4 Å². The molecular weight excluding hydrogens is 222 g/mol. The Kier molecular flexibility index (Phi) is 5.29. The van der Waals surface area contributed by atoms with Crippen LogP contribution in [0.1, 0.15) is 13.8 Å². The van der Waals surface area contributed by atoms with Crippen molar-refractivity contribution in [2.45, 2.75) is 20.0 Å². The molecule has 5 heteroatoms. The van der Waals surface area contributed by atoms with Gasteiger partial charge < -0.3 is 9.47 Å². The predicted octanol–water partition coefficient (Wildman–Crippen LogP) is 1.53. The third kappa shape index (κ3) is 4.32. The summed E-state index contributed by atoms with van der Waals surface area (Å²) in [6, 6.07) is 7.01. The van der Waals surface area contributed by atoms with Crippen LogP contribution in [-0.4, -0.2) is 25.7 Å². The normalized spacial score (nSPS) is 11.7. The number of carbonyl (C=O) groups excluding carboxylic acids is 1. The second-order valence-electron chi connectivity index (χ2n) is 3.33. The Morgan fingerprint density at radius 2 is 1.88 bits per heavy atom. The number of nitrogens with one attached hydrogen (secondary N) is 1. The molecule has 1 rings (SSSR count). The van der Waals surface area contributed by atoms with Crippen molar-refractivity contribution in [3.63, 3.8) is 0 Å². The highest BCUT2D eigenvalue weighted by Gasteiger charge is 2.14. The summed E-state index contributed by atoms with van der Waals surface area (Å²) in [5, 5.41) is 0. The zero-order valence-electron chi connectivity index (χ0n) is 10.2. The quantitative estimate of drug-likeness (QED) is 0.765. The van der Waals surface area contributed by atoms with Gasteiger partial charge in [-0.05, 0) is 38.1 Å². The SMILES string of the molecule is CCONC(=O)C(C)Oc1ccc(OC)cc1. The van der Waals surface area contributed by atoms with Crippen molar-refractivity contribution in [2.75, 3.05) is 13.7 Å². The first kappa shape index (κ1) is 13.3. The van der Waals surface area contributed by atoms with E-state index >= 15 is 0 Å². The lowest BCUT2D eigenvalue weighted by atomic mass is 10.3. The largest absolute Gasteiger partial charge is 0.497 e. The summed E-state index contributed by atoms with van der Waals surface area (Å²) >= 11 is 0. The maximum absolute atomic E-state index is 11.4. The number of carbonyl (C=O) groups is 1. The Bertz CT molecular complexity index is 350. The van der Waals surface area contributed by atoms with Gasteiger partial charge in [0.2, 0.25) is 0 Å². The number of hydrogen-bond acceptors (Lipinski definition) is 4. The van der Waals surface area contributed by atoms with Crippen LogP contribution in [0.25, 0.3) is 0 Å². The first-order valence-corrected chi connectivity index (χ1v) is 5.39. The molecule has 1 atom stereocenters. The minimum absolute atomic E-state index is 0.317. The first-order chi connectivity index (χ1) is 8.17. The molecule has 17 heavy (non-hydrogen) atoms. The molecule has 1 aromatic carbocycles. The van der Waals surface area contributed by atoms with E-state index in [-0.39, 0.29) is 5.91 Å². The standard InChI is InChI=1S/C12H17NO4/c1-4-16-13-12(14)9(2)17-11-7-5-10(15-3)6-8-11/h5-9H,4H2,1-3H3,(H,13,14). The van der Waals surface area contributed by atoms with Gasteiger partial charge in [-0.15, -0.1) is 0 Å². The van der Waals surface area contributed by atoms with E-state index in [1.54, 1.807) is 45.2 Å². The highest BCUT2D eigenvalue weighted by Crippen LogP contribution is 2.18. The molecule has 0 radical (unpaired) electrons. The predicted molar refractivity (Wildman–Crippen MR) is 62.9 cm³/mol. The van der Waals surface area contributed by atoms with Gasteiger partial charge in [-0.2, -0.15) is 0 Å². The Hall–Kier alpha value is -1.75. The van der Waals surface area contributed by atoms with Crippen molar-refractivity contribution in [3.05, 3.63) is 24.3 Å². The molecule has 94 valence electrons. The van der Waals surface area contributed by atoms with E-state index in [4.69, 9.17) is 14.3 Å². The maximum atomic E-state index is 11.4. The van der Waals surface area contributed by atoms with Crippen LogP contribution in [0.15, 0.2) is 24.3 Å². The Morgan fingerprint density at radius 1 is 1.29 bits per heavy atom. The van der Waals surface area contributed by atoms with Crippen LogP contribution in [0.4, 0.5) is 0 Å². The monoisotopic (exact) mass is 239 g/mol. The maximum Gasteiger partial charge on any atom is 0.284 e. The van der Waals surface area contributed by atoms with E-state index in [1.165, 1.54) is 0 Å². The highest BCUT2D eigenvalue weighted by molar-refractivity contribution is 5.79. The molecule has 1 aromatic rings. The lowest BCUT2D eigenvalue weighted by molar-refractivity contribution is -0.139. The summed E-state index contributed by atoms with van der Waals surface area (Å²) in [5.41, 5.74) is 2.29. The van der Waals surface area contributed by atoms with E-state index in [0.717, 1.165) is 5.75 Å². The van der Waals surface area contributed by atoms with Crippen molar-refractivity contribution < 1.29 is 19.1 Å². The van der Waals surface area contributed by atoms with Crippen molar-refractivity contribution in [1.82, 2.24) is 5.48 Å². The van der Waals surface area contributed by atoms with Gasteiger partial charge in [-0.25, -0.2) is 5.48 Å². The molecule has 5 nitrogen and oxygen atoms in total. The Labute approximate surface area is 101 Å². The molecule has 0 saturated carbocycles. The van der Waals surface area contributed by atoms with Crippen LogP contribution in [0, 0.1) is 0 Å². The fourth-order valence-corrected chi connectivity index (χ4v) is 1.14. The number of rotatable bonds is 6. The molecule has 0 saturated heterocycles. The van der Waals surface area contributed by atoms with Crippen molar-refractivity contribution in [1.29, 1.82) is 0 Å². The molecule has 0 bridgehead atoms. The first-order valence-electron chi connectivity index (χ1n) is 5.39. The molecule has 0 fully saturated rings. The number of hydrogen-bond donors (Lipinski definition) is 1. The average molecular weight is 239 g/mol. The van der Waals surface area contributed by atoms with E-state index in [9.17, 15) is 4.79 Å². The minimum Gasteiger partial charge on any atom is -0.497 e. The van der Waals surface area contributed by atoms with E-state index in [1.807, 2.05) is 0 Å². The molecule has 0 aliphatic carbocycles. The van der Waals surface area contributed by atoms with Gasteiger partial charge in [0.1, 0.15) is 11.5 Å². The molecule has 0 aliphatic rings. The second-order valence-corrected chi connectivity index (χ2v) is 3.33. The molecule has 0 aliphatic heterocycles. The molecule has 1 N–H and O–H groups in total. The summed E-state index contributed by atoms with van der Waals surface area (Å²) in [6.45, 7) is 3.86. The molecule has 1 amide bonds. The van der Waals surface area contributed by atoms with Crippen molar-refractivity contribution in [2.24, 2.45) is 0 Å². The fraction of sp³-hybridized carbons (Fsp3) is 0.417. The number of hydroxylamine groups is 1. The zero-order chi connectivity index (χ0) is 12.7. The number of amides is 1. The minimum atomic E-state index is -0.616. The summed E-state index contributed by atoms with van der Waals surface area (Å²) < 4.78 is 10.4. The van der Waals surface area contributed by atoms with Gasteiger partial charge in [0.25, 0.3) is 5.91 Å². The third-order valence-electron chi connectivity index (χ3n) is 2.06. The van der Waals surface area contributed by atoms with Crippen LogP contribution in [0.3, 0.4) is 0 Å². The van der Waals surface area contributed by atoms with E-state index < -0.39 is 6.10 Å². The smallest absolute Gasteiger partial charge is 0.284 e. The van der Waals surface area contributed by atoms with Gasteiger partial charge >= 0.3 is 0 Å². The lowest BCUT2D eigenvalue weighted by Gasteiger charge is -2.14. The number of benzene rings is 1. The lowest BCUT2D eigenvalue weighted by Crippen LogP contribution is -2.36. The van der Waals surface area contributed by atoms with Gasteiger partial charge in [0, 0.05) is 0 Å². The zero-order valence-corrected chi connectivity index (χ0v) is 10.2. The van der Waals surface area contributed by atoms with Crippen molar-refractivity contribution in [3.8, 4) is 11.5 Å². The van der Waals surface area contributed by atoms with Crippen LogP contribution < -0.4 is 15.0 Å². The summed E-state index contributed by atoms with van der Waals surface area (Å²) in [7, 11) is 1.59. The van der Waals surface area contributed by atoms with Crippen molar-refractivity contribution >= 4 is 5.91 Å². The second kappa shape index (κ2) is 6.75. The third-order valence-corrected chi connectivity index (χ3v) is 2.06.